The van der Waals surface area contributed by atoms with Crippen LogP contribution in [0.1, 0.15) is 37.5 Å². The largest absolute Gasteiger partial charge is 0.230 e. The fourth-order valence-corrected chi connectivity index (χ4v) is 8.99. The molecule has 2 heterocycles. The van der Waals surface area contributed by atoms with E-state index in [2.05, 4.69) is 132 Å². The molecule has 0 aliphatic rings. The zero-order valence-corrected chi connectivity index (χ0v) is 25.8. The first-order chi connectivity index (χ1) is 17.9. The standard InChI is InChI=1S/C35H38NSSi/c1-22-25-11-9-10-12-26(25)31(35(2,3)4)20-29(22)32-34-28(17-18-36(32)5)27-16-15-24-14-13-23(21-38(6,7)8)19-30(24)33(27)37-34/h9-20H,21H2,1-8H3/q+1. The van der Waals surface area contributed by atoms with Crippen molar-refractivity contribution >= 4 is 61.1 Å². The fraction of sp³-hybridized carbons (Fsp3) is 0.286. The van der Waals surface area contributed by atoms with E-state index in [1.165, 1.54) is 75.7 Å². The molecule has 0 saturated heterocycles. The smallest absolute Gasteiger partial charge is 0.200 e. The van der Waals surface area contributed by atoms with Crippen molar-refractivity contribution in [3.8, 4) is 11.3 Å². The number of aryl methyl sites for hydroxylation is 2. The summed E-state index contributed by atoms with van der Waals surface area (Å²) >= 11 is 1.97. The Morgan fingerprint density at radius 3 is 2.16 bits per heavy atom. The van der Waals surface area contributed by atoms with Crippen molar-refractivity contribution < 1.29 is 4.57 Å². The van der Waals surface area contributed by atoms with Crippen LogP contribution in [0.15, 0.2) is 72.9 Å². The molecule has 38 heavy (non-hydrogen) atoms. The fourth-order valence-electron chi connectivity index (χ4n) is 6.12. The Bertz CT molecular complexity index is 1880. The number of rotatable bonds is 3. The van der Waals surface area contributed by atoms with Gasteiger partial charge in [0.1, 0.15) is 11.7 Å². The predicted molar refractivity (Wildman–Crippen MR) is 171 cm³/mol. The molecule has 0 bridgehead atoms. The average molecular weight is 533 g/mol. The summed E-state index contributed by atoms with van der Waals surface area (Å²) in [4.78, 5) is 0. The van der Waals surface area contributed by atoms with E-state index in [4.69, 9.17) is 0 Å². The summed E-state index contributed by atoms with van der Waals surface area (Å²) in [5.74, 6) is 0. The molecule has 6 rings (SSSR count). The van der Waals surface area contributed by atoms with Gasteiger partial charge in [0.2, 0.25) is 5.69 Å². The number of nitrogens with zero attached hydrogens (tertiary/aromatic N) is 1. The summed E-state index contributed by atoms with van der Waals surface area (Å²) in [6.45, 7) is 16.7. The van der Waals surface area contributed by atoms with Crippen LogP contribution >= 0.6 is 11.3 Å². The molecule has 0 radical (unpaired) electrons. The molecule has 4 aromatic carbocycles. The van der Waals surface area contributed by atoms with Crippen molar-refractivity contribution in [2.45, 2.75) is 58.8 Å². The maximum Gasteiger partial charge on any atom is 0.230 e. The highest BCUT2D eigenvalue weighted by atomic mass is 32.1. The minimum atomic E-state index is -1.19. The Labute approximate surface area is 231 Å². The molecule has 0 spiro atoms. The molecule has 0 saturated carbocycles. The van der Waals surface area contributed by atoms with Gasteiger partial charge in [0, 0.05) is 29.6 Å². The van der Waals surface area contributed by atoms with E-state index >= 15 is 0 Å². The van der Waals surface area contributed by atoms with Crippen molar-refractivity contribution in [2.24, 2.45) is 7.05 Å². The van der Waals surface area contributed by atoms with E-state index in [0.717, 1.165) is 0 Å². The third kappa shape index (κ3) is 4.17. The highest BCUT2D eigenvalue weighted by molar-refractivity contribution is 7.27. The van der Waals surface area contributed by atoms with Crippen LogP contribution in [0.25, 0.3) is 53.0 Å². The molecule has 0 amide bonds. The zero-order valence-electron chi connectivity index (χ0n) is 24.0. The van der Waals surface area contributed by atoms with Crippen LogP contribution in [0.2, 0.25) is 19.6 Å². The quantitative estimate of drug-likeness (QED) is 0.158. The number of hydrogen-bond acceptors (Lipinski definition) is 1. The van der Waals surface area contributed by atoms with Crippen molar-refractivity contribution in [3.05, 3.63) is 89.6 Å². The van der Waals surface area contributed by atoms with E-state index in [1.54, 1.807) is 0 Å². The zero-order chi connectivity index (χ0) is 27.0. The van der Waals surface area contributed by atoms with Gasteiger partial charge in [-0.25, -0.2) is 0 Å². The van der Waals surface area contributed by atoms with Crippen LogP contribution in [0.4, 0.5) is 0 Å². The highest BCUT2D eigenvalue weighted by Gasteiger charge is 2.26. The Hall–Kier alpha value is -3.01. The minimum Gasteiger partial charge on any atom is -0.200 e. The van der Waals surface area contributed by atoms with Gasteiger partial charge in [-0.1, -0.05) is 95.0 Å². The summed E-state index contributed by atoms with van der Waals surface area (Å²) < 4.78 is 5.13. The Balaban J connectivity index is 1.69. The summed E-state index contributed by atoms with van der Waals surface area (Å²) in [6.07, 6.45) is 2.25. The topological polar surface area (TPSA) is 3.88 Å². The van der Waals surface area contributed by atoms with Gasteiger partial charge in [-0.05, 0) is 62.7 Å². The van der Waals surface area contributed by atoms with Crippen molar-refractivity contribution in [1.29, 1.82) is 0 Å². The summed E-state index contributed by atoms with van der Waals surface area (Å²) in [5, 5.41) is 8.20. The predicted octanol–water partition coefficient (Wildman–Crippen LogP) is 9.88. The minimum absolute atomic E-state index is 0.0532. The lowest BCUT2D eigenvalue weighted by Crippen LogP contribution is -2.30. The number of benzene rings is 4. The number of hydrogen-bond donors (Lipinski definition) is 0. The second kappa shape index (κ2) is 8.76. The lowest BCUT2D eigenvalue weighted by atomic mass is 9.80. The molecule has 0 N–H and O–H groups in total. The van der Waals surface area contributed by atoms with Gasteiger partial charge in [-0.2, -0.15) is 4.57 Å². The van der Waals surface area contributed by atoms with E-state index in [1.807, 2.05) is 11.3 Å². The number of pyridine rings is 1. The third-order valence-electron chi connectivity index (χ3n) is 7.92. The van der Waals surface area contributed by atoms with E-state index in [0.29, 0.717) is 0 Å². The lowest BCUT2D eigenvalue weighted by molar-refractivity contribution is -0.659. The van der Waals surface area contributed by atoms with Crippen LogP contribution in [-0.2, 0) is 18.5 Å². The van der Waals surface area contributed by atoms with Crippen LogP contribution in [0.5, 0.6) is 0 Å². The van der Waals surface area contributed by atoms with Crippen LogP contribution in [-0.4, -0.2) is 8.07 Å². The van der Waals surface area contributed by atoms with Gasteiger partial charge in [0.25, 0.3) is 0 Å². The molecule has 0 aliphatic heterocycles. The van der Waals surface area contributed by atoms with Gasteiger partial charge in [0.15, 0.2) is 6.20 Å². The molecule has 3 heteroatoms. The SMILES string of the molecule is Cc1c(-c2c3sc4c5cc(C[Si](C)(C)C)ccc5ccc4c3cc[n+]2C)cc(C(C)(C)C)c2ccccc12. The van der Waals surface area contributed by atoms with Crippen LogP contribution in [0.3, 0.4) is 0 Å². The van der Waals surface area contributed by atoms with E-state index < -0.39 is 8.07 Å². The Kier molecular flexibility index (Phi) is 5.82. The Morgan fingerprint density at radius 1 is 0.763 bits per heavy atom. The normalized spacial score (nSPS) is 12.8. The number of fused-ring (bicyclic) bond motifs is 6. The monoisotopic (exact) mass is 532 g/mol. The molecular weight excluding hydrogens is 495 g/mol. The van der Waals surface area contributed by atoms with Gasteiger partial charge in [-0.3, -0.25) is 0 Å². The molecule has 0 unspecified atom stereocenters. The lowest BCUT2D eigenvalue weighted by Gasteiger charge is -2.24. The average Bonchev–Trinajstić information content (AvgIpc) is 3.22. The van der Waals surface area contributed by atoms with Crippen molar-refractivity contribution in [3.63, 3.8) is 0 Å². The third-order valence-corrected chi connectivity index (χ3v) is 10.6. The maximum atomic E-state index is 2.48. The summed E-state index contributed by atoms with van der Waals surface area (Å²) in [6, 6.07) is 26.7. The second-order valence-corrected chi connectivity index (χ2v) is 19.7. The second-order valence-electron chi connectivity index (χ2n) is 13.2. The summed E-state index contributed by atoms with van der Waals surface area (Å²) in [7, 11) is 1.01. The van der Waals surface area contributed by atoms with Crippen molar-refractivity contribution in [1.82, 2.24) is 0 Å². The van der Waals surface area contributed by atoms with Crippen molar-refractivity contribution in [2.75, 3.05) is 0 Å². The maximum absolute atomic E-state index is 2.48. The Morgan fingerprint density at radius 2 is 1.45 bits per heavy atom. The molecular formula is C35H38NSSi+. The summed E-state index contributed by atoms with van der Waals surface area (Å²) in [5.41, 5.74) is 6.97. The molecule has 1 nitrogen and oxygen atoms in total. The van der Waals surface area contributed by atoms with Gasteiger partial charge < -0.3 is 0 Å². The van der Waals surface area contributed by atoms with Crippen LogP contribution in [0, 0.1) is 6.92 Å². The first-order valence-electron chi connectivity index (χ1n) is 13.7. The van der Waals surface area contributed by atoms with Gasteiger partial charge in [-0.15, -0.1) is 11.3 Å². The molecule has 0 atom stereocenters. The number of thiophene rings is 1. The molecule has 0 aliphatic carbocycles. The highest BCUT2D eigenvalue weighted by Crippen LogP contribution is 2.44. The molecule has 6 aromatic rings. The molecule has 0 fully saturated rings. The van der Waals surface area contributed by atoms with Crippen LogP contribution < -0.4 is 4.57 Å². The van der Waals surface area contributed by atoms with E-state index in [-0.39, 0.29) is 5.41 Å². The van der Waals surface area contributed by atoms with Gasteiger partial charge >= 0.3 is 0 Å². The first-order valence-corrected chi connectivity index (χ1v) is 18.2. The molecule has 2 aromatic heterocycles. The molecule has 192 valence electrons. The number of aromatic nitrogens is 1. The van der Waals surface area contributed by atoms with Gasteiger partial charge in [0.05, 0.1) is 5.56 Å². The first kappa shape index (κ1) is 25.3. The van der Waals surface area contributed by atoms with E-state index in [9.17, 15) is 0 Å².